The Morgan fingerprint density at radius 2 is 1.97 bits per heavy atom. The van der Waals surface area contributed by atoms with Crippen molar-refractivity contribution in [1.29, 1.82) is 0 Å². The fourth-order valence-corrected chi connectivity index (χ4v) is 5.34. The zero-order chi connectivity index (χ0) is 26.4. The number of aromatic nitrogens is 7. The van der Waals surface area contributed by atoms with E-state index in [4.69, 9.17) is 16.0 Å². The van der Waals surface area contributed by atoms with Crippen LogP contribution < -0.4 is 5.69 Å². The van der Waals surface area contributed by atoms with E-state index < -0.39 is 0 Å². The standard InChI is InChI=1S/C26H25ClN8O3/c1-15-14-33(2)24(29-15)16-10-17(12-18(27)11-16)25-32-31-21(38-25)13-22(36)34-8-5-19(6-9-34)35-20-4-3-7-28-23(20)30-26(35)37/h3-4,7,10-12,14,19H,5-6,8-9,13H2,1-2H3,(H,28,30,37). The zero-order valence-electron chi connectivity index (χ0n) is 20.9. The number of fused-ring (bicyclic) bond motifs is 1. The second-order valence-corrected chi connectivity index (χ2v) is 9.94. The summed E-state index contributed by atoms with van der Waals surface area (Å²) in [6, 6.07) is 9.15. The largest absolute Gasteiger partial charge is 0.420 e. The maximum atomic E-state index is 13.0. The number of amides is 1. The molecule has 12 heteroatoms. The molecule has 1 amide bonds. The van der Waals surface area contributed by atoms with Crippen molar-refractivity contribution in [2.75, 3.05) is 13.1 Å². The minimum absolute atomic E-state index is 0.000599. The van der Waals surface area contributed by atoms with Crippen LogP contribution in [0, 0.1) is 6.92 Å². The third-order valence-electron chi connectivity index (χ3n) is 6.84. The molecular weight excluding hydrogens is 508 g/mol. The number of carbonyl (C=O) groups excluding carboxylic acids is 1. The summed E-state index contributed by atoms with van der Waals surface area (Å²) in [6.07, 6.45) is 4.92. The highest BCUT2D eigenvalue weighted by Crippen LogP contribution is 2.30. The molecular formula is C26H25ClN8O3. The molecule has 1 aromatic carbocycles. The van der Waals surface area contributed by atoms with Gasteiger partial charge in [0.15, 0.2) is 5.65 Å². The SMILES string of the molecule is Cc1cn(C)c(-c2cc(Cl)cc(-c3nnc(CC(=O)N4CCC(n5c(=O)[nH]c6ncccc65)CC4)o3)c2)n1. The van der Waals surface area contributed by atoms with Crippen LogP contribution in [-0.2, 0) is 18.3 Å². The Hall–Kier alpha value is -4.25. The van der Waals surface area contributed by atoms with Crippen LogP contribution in [0.25, 0.3) is 34.0 Å². The van der Waals surface area contributed by atoms with Crippen molar-refractivity contribution in [3.63, 3.8) is 0 Å². The molecule has 4 aromatic heterocycles. The second kappa shape index (κ2) is 9.56. The summed E-state index contributed by atoms with van der Waals surface area (Å²) in [5, 5.41) is 8.77. The Morgan fingerprint density at radius 3 is 2.74 bits per heavy atom. The van der Waals surface area contributed by atoms with E-state index in [1.54, 1.807) is 21.7 Å². The van der Waals surface area contributed by atoms with Crippen molar-refractivity contribution in [2.45, 2.75) is 32.2 Å². The summed E-state index contributed by atoms with van der Waals surface area (Å²) < 4.78 is 9.52. The van der Waals surface area contributed by atoms with Crippen molar-refractivity contribution >= 4 is 28.7 Å². The fourth-order valence-electron chi connectivity index (χ4n) is 5.10. The normalized spacial score (nSPS) is 14.4. The molecule has 0 saturated carbocycles. The summed E-state index contributed by atoms with van der Waals surface area (Å²) in [5.41, 5.74) is 3.56. The molecule has 11 nitrogen and oxygen atoms in total. The molecule has 5 heterocycles. The Morgan fingerprint density at radius 1 is 1.18 bits per heavy atom. The summed E-state index contributed by atoms with van der Waals surface area (Å²) in [5.74, 6) is 1.20. The lowest BCUT2D eigenvalue weighted by Crippen LogP contribution is -2.41. The summed E-state index contributed by atoms with van der Waals surface area (Å²) in [6.45, 7) is 2.99. The lowest BCUT2D eigenvalue weighted by atomic mass is 10.0. The van der Waals surface area contributed by atoms with Crippen LogP contribution in [-0.4, -0.2) is 58.2 Å². The summed E-state index contributed by atoms with van der Waals surface area (Å²) in [4.78, 5) is 38.9. The van der Waals surface area contributed by atoms with Crippen LogP contribution in [0.2, 0.25) is 5.02 Å². The molecule has 5 aromatic rings. The molecule has 0 radical (unpaired) electrons. The van der Waals surface area contributed by atoms with Gasteiger partial charge in [0, 0.05) is 54.7 Å². The number of halogens is 1. The van der Waals surface area contributed by atoms with Crippen molar-refractivity contribution in [3.05, 3.63) is 69.8 Å². The topological polar surface area (TPSA) is 128 Å². The van der Waals surface area contributed by atoms with Gasteiger partial charge >= 0.3 is 5.69 Å². The highest BCUT2D eigenvalue weighted by Gasteiger charge is 2.27. The van der Waals surface area contributed by atoms with Gasteiger partial charge in [-0.25, -0.2) is 14.8 Å². The Balaban J connectivity index is 1.13. The summed E-state index contributed by atoms with van der Waals surface area (Å²) in [7, 11) is 1.92. The molecule has 38 heavy (non-hydrogen) atoms. The number of carbonyl (C=O) groups is 1. The number of nitrogens with one attached hydrogen (secondary N) is 1. The van der Waals surface area contributed by atoms with Crippen LogP contribution in [0.1, 0.15) is 30.5 Å². The molecule has 0 bridgehead atoms. The molecule has 0 atom stereocenters. The maximum absolute atomic E-state index is 13.0. The van der Waals surface area contributed by atoms with Gasteiger partial charge in [0.25, 0.3) is 0 Å². The Labute approximate surface area is 222 Å². The van der Waals surface area contributed by atoms with Crippen molar-refractivity contribution < 1.29 is 9.21 Å². The number of likely N-dealkylation sites (tertiary alicyclic amines) is 1. The molecule has 0 aliphatic carbocycles. The smallest absolute Gasteiger partial charge is 0.327 e. The molecule has 1 saturated heterocycles. The number of hydrogen-bond acceptors (Lipinski definition) is 7. The molecule has 0 unspecified atom stereocenters. The van der Waals surface area contributed by atoms with Gasteiger partial charge in [-0.05, 0) is 50.1 Å². The van der Waals surface area contributed by atoms with Crippen molar-refractivity contribution in [3.8, 4) is 22.8 Å². The van der Waals surface area contributed by atoms with Crippen molar-refractivity contribution in [2.24, 2.45) is 7.05 Å². The van der Waals surface area contributed by atoms with Gasteiger partial charge in [-0.3, -0.25) is 14.3 Å². The van der Waals surface area contributed by atoms with Gasteiger partial charge < -0.3 is 13.9 Å². The molecule has 1 N–H and O–H groups in total. The number of hydrogen-bond donors (Lipinski definition) is 1. The quantitative estimate of drug-likeness (QED) is 0.366. The van der Waals surface area contributed by atoms with E-state index in [0.29, 0.717) is 42.2 Å². The second-order valence-electron chi connectivity index (χ2n) is 9.51. The molecule has 6 rings (SSSR count). The minimum Gasteiger partial charge on any atom is -0.420 e. The van der Waals surface area contributed by atoms with E-state index in [1.165, 1.54) is 0 Å². The number of nitrogens with zero attached hydrogens (tertiary/aromatic N) is 7. The highest BCUT2D eigenvalue weighted by atomic mass is 35.5. The predicted octanol–water partition coefficient (Wildman–Crippen LogP) is 3.54. The first-order chi connectivity index (χ1) is 18.4. The van der Waals surface area contributed by atoms with E-state index >= 15 is 0 Å². The van der Waals surface area contributed by atoms with Gasteiger partial charge in [0.2, 0.25) is 17.7 Å². The number of benzene rings is 1. The molecule has 194 valence electrons. The van der Waals surface area contributed by atoms with Gasteiger partial charge in [-0.2, -0.15) is 0 Å². The van der Waals surface area contributed by atoms with Crippen LogP contribution in [0.15, 0.2) is 51.9 Å². The monoisotopic (exact) mass is 532 g/mol. The number of pyridine rings is 1. The number of rotatable bonds is 5. The number of aryl methyl sites for hydroxylation is 2. The van der Waals surface area contributed by atoms with Crippen LogP contribution >= 0.6 is 11.6 Å². The highest BCUT2D eigenvalue weighted by molar-refractivity contribution is 6.31. The molecule has 0 spiro atoms. The van der Waals surface area contributed by atoms with E-state index in [-0.39, 0.29) is 35.8 Å². The number of H-pyrrole nitrogens is 1. The van der Waals surface area contributed by atoms with E-state index in [9.17, 15) is 9.59 Å². The first-order valence-electron chi connectivity index (χ1n) is 12.3. The maximum Gasteiger partial charge on any atom is 0.327 e. The van der Waals surface area contributed by atoms with E-state index in [1.807, 2.05) is 49.0 Å². The number of piperidine rings is 1. The third kappa shape index (κ3) is 4.49. The summed E-state index contributed by atoms with van der Waals surface area (Å²) >= 11 is 6.38. The first kappa shape index (κ1) is 24.1. The van der Waals surface area contributed by atoms with E-state index in [2.05, 4.69) is 25.1 Å². The van der Waals surface area contributed by atoms with Gasteiger partial charge in [-0.15, -0.1) is 10.2 Å². The van der Waals surface area contributed by atoms with Gasteiger partial charge in [0.1, 0.15) is 12.2 Å². The van der Waals surface area contributed by atoms with Gasteiger partial charge in [-0.1, -0.05) is 11.6 Å². The molecule has 1 fully saturated rings. The van der Waals surface area contributed by atoms with E-state index in [0.717, 1.165) is 22.6 Å². The minimum atomic E-state index is -0.177. The molecule has 1 aliphatic heterocycles. The third-order valence-corrected chi connectivity index (χ3v) is 7.06. The van der Waals surface area contributed by atoms with Gasteiger partial charge in [0.05, 0.1) is 11.2 Å². The van der Waals surface area contributed by atoms with Crippen LogP contribution in [0.3, 0.4) is 0 Å². The van der Waals surface area contributed by atoms with Crippen molar-refractivity contribution in [1.82, 2.24) is 39.2 Å². The first-order valence-corrected chi connectivity index (χ1v) is 12.7. The number of imidazole rings is 2. The molecule has 1 aliphatic rings. The van der Waals surface area contributed by atoms with Crippen LogP contribution in [0.4, 0.5) is 0 Å². The Kier molecular flexibility index (Phi) is 6.07. The Bertz CT molecular complexity index is 1710. The predicted molar refractivity (Wildman–Crippen MR) is 141 cm³/mol. The fraction of sp³-hybridized carbons (Fsp3) is 0.308. The lowest BCUT2D eigenvalue weighted by molar-refractivity contribution is -0.132. The average Bonchev–Trinajstić information content (AvgIpc) is 3.59. The van der Waals surface area contributed by atoms with Crippen LogP contribution in [0.5, 0.6) is 0 Å². The lowest BCUT2D eigenvalue weighted by Gasteiger charge is -2.32. The number of aromatic amines is 1. The average molecular weight is 533 g/mol. The zero-order valence-corrected chi connectivity index (χ0v) is 21.6.